The van der Waals surface area contributed by atoms with Gasteiger partial charge >= 0.3 is 0 Å². The van der Waals surface area contributed by atoms with Gasteiger partial charge in [-0.25, -0.2) is 0 Å². The lowest BCUT2D eigenvalue weighted by molar-refractivity contribution is 0.333. The summed E-state index contributed by atoms with van der Waals surface area (Å²) in [4.78, 5) is 0. The van der Waals surface area contributed by atoms with Gasteiger partial charge in [-0.3, -0.25) is 4.68 Å². The van der Waals surface area contributed by atoms with E-state index in [2.05, 4.69) is 5.10 Å². The molecule has 6 nitrogen and oxygen atoms in total. The normalized spacial score (nSPS) is 15.7. The fourth-order valence-electron chi connectivity index (χ4n) is 2.96. The van der Waals surface area contributed by atoms with Gasteiger partial charge in [0.2, 0.25) is 0 Å². The first-order chi connectivity index (χ1) is 9.66. The van der Waals surface area contributed by atoms with E-state index in [-0.39, 0.29) is 5.75 Å². The Bertz CT molecular complexity index is 666. The maximum atomic E-state index is 10.3. The van der Waals surface area contributed by atoms with Crippen molar-refractivity contribution in [3.8, 4) is 28.5 Å². The minimum atomic E-state index is 0.220. The first kappa shape index (κ1) is 11.5. The maximum Gasteiger partial charge on any atom is 0.165 e. The van der Waals surface area contributed by atoms with Crippen molar-refractivity contribution in [2.75, 3.05) is 18.9 Å². The zero-order chi connectivity index (χ0) is 13.9. The lowest BCUT2D eigenvalue weighted by Gasteiger charge is -2.13. The second-order valence-corrected chi connectivity index (χ2v) is 5.11. The second kappa shape index (κ2) is 3.82. The molecule has 2 aromatic rings. The summed E-state index contributed by atoms with van der Waals surface area (Å²) in [6, 6.07) is 1.83. The molecule has 1 aromatic carbocycles. The molecule has 0 saturated carbocycles. The highest BCUT2D eigenvalue weighted by molar-refractivity contribution is 5.81. The van der Waals surface area contributed by atoms with Gasteiger partial charge < -0.3 is 20.3 Å². The highest BCUT2D eigenvalue weighted by Crippen LogP contribution is 2.51. The van der Waals surface area contributed by atoms with E-state index in [4.69, 9.17) is 15.2 Å². The molecule has 0 saturated heterocycles. The molecular weight excluding hydrogens is 258 g/mol. The van der Waals surface area contributed by atoms with Crippen molar-refractivity contribution in [2.24, 2.45) is 7.05 Å². The quantitative estimate of drug-likeness (QED) is 0.817. The summed E-state index contributed by atoms with van der Waals surface area (Å²) in [5.74, 6) is 2.11. The topological polar surface area (TPSA) is 82.5 Å². The molecule has 0 amide bonds. The molecule has 3 N–H and O–H groups in total. The van der Waals surface area contributed by atoms with Crippen molar-refractivity contribution < 1.29 is 14.6 Å². The summed E-state index contributed by atoms with van der Waals surface area (Å²) in [6.45, 7) is 1.14. The number of phenolic OH excluding ortho intramolecular Hbond substituents is 1. The average molecular weight is 273 g/mol. The minimum Gasteiger partial charge on any atom is -0.504 e. The molecule has 0 aliphatic carbocycles. The van der Waals surface area contributed by atoms with Crippen LogP contribution in [0.1, 0.15) is 11.1 Å². The number of nitrogen functional groups attached to an aromatic ring is 1. The van der Waals surface area contributed by atoms with Crippen molar-refractivity contribution in [3.05, 3.63) is 17.2 Å². The van der Waals surface area contributed by atoms with Gasteiger partial charge in [0.1, 0.15) is 11.6 Å². The molecule has 0 radical (unpaired) electrons. The van der Waals surface area contributed by atoms with Gasteiger partial charge in [0.15, 0.2) is 11.5 Å². The van der Waals surface area contributed by atoms with Crippen LogP contribution in [-0.2, 0) is 19.9 Å². The number of hydrogen-bond acceptors (Lipinski definition) is 5. The number of rotatable bonds is 1. The van der Waals surface area contributed by atoms with Gasteiger partial charge in [0.25, 0.3) is 0 Å². The largest absolute Gasteiger partial charge is 0.504 e. The number of hydrogen-bond donors (Lipinski definition) is 2. The Labute approximate surface area is 115 Å². The van der Waals surface area contributed by atoms with Gasteiger partial charge in [-0.05, 0) is 0 Å². The van der Waals surface area contributed by atoms with Crippen LogP contribution in [0.3, 0.4) is 0 Å². The second-order valence-electron chi connectivity index (χ2n) is 5.11. The van der Waals surface area contributed by atoms with E-state index in [1.165, 1.54) is 0 Å². The number of aryl methyl sites for hydroxylation is 1. The Balaban J connectivity index is 2.04. The molecule has 2 aliphatic heterocycles. The fourth-order valence-corrected chi connectivity index (χ4v) is 2.96. The molecule has 6 heteroatoms. The van der Waals surface area contributed by atoms with Crippen LogP contribution in [-0.4, -0.2) is 28.1 Å². The summed E-state index contributed by atoms with van der Waals surface area (Å²) in [6.07, 6.45) is 1.43. The molecular formula is C14H15N3O3. The van der Waals surface area contributed by atoms with Gasteiger partial charge in [-0.2, -0.15) is 5.10 Å². The summed E-state index contributed by atoms with van der Waals surface area (Å²) in [7, 11) is 1.80. The van der Waals surface area contributed by atoms with Crippen LogP contribution in [0.15, 0.2) is 6.07 Å². The number of benzene rings is 1. The molecule has 4 rings (SSSR count). The van der Waals surface area contributed by atoms with Gasteiger partial charge in [-0.1, -0.05) is 0 Å². The SMILES string of the molecule is Cn1nc(-c2c3c(c(O)c4c2OCC4)OCC3)cc1N. The number of anilines is 1. The first-order valence-electron chi connectivity index (χ1n) is 6.63. The van der Waals surface area contributed by atoms with E-state index in [9.17, 15) is 5.11 Å². The van der Waals surface area contributed by atoms with Gasteiger partial charge in [-0.15, -0.1) is 0 Å². The van der Waals surface area contributed by atoms with E-state index in [0.29, 0.717) is 31.2 Å². The van der Waals surface area contributed by atoms with Crippen molar-refractivity contribution >= 4 is 5.82 Å². The standard InChI is InChI=1S/C14H15N3O3/c1-17-10(15)6-9(16-17)11-7-2-4-20-14(7)12(18)8-3-5-19-13(8)11/h6,18H,2-5,15H2,1H3. The Hall–Kier alpha value is -2.37. The number of ether oxygens (including phenoxy) is 2. The van der Waals surface area contributed by atoms with Crippen molar-refractivity contribution in [2.45, 2.75) is 12.8 Å². The van der Waals surface area contributed by atoms with Crippen molar-refractivity contribution in [1.82, 2.24) is 9.78 Å². The number of aromatic nitrogens is 2. The number of aromatic hydroxyl groups is 1. The van der Waals surface area contributed by atoms with Crippen molar-refractivity contribution in [3.63, 3.8) is 0 Å². The molecule has 0 fully saturated rings. The molecule has 2 aliphatic rings. The van der Waals surface area contributed by atoms with Crippen LogP contribution in [0.25, 0.3) is 11.3 Å². The van der Waals surface area contributed by atoms with Gasteiger partial charge in [0, 0.05) is 37.1 Å². The third-order valence-corrected chi connectivity index (χ3v) is 3.95. The van der Waals surface area contributed by atoms with Crippen LogP contribution < -0.4 is 15.2 Å². The van der Waals surface area contributed by atoms with E-state index < -0.39 is 0 Å². The first-order valence-corrected chi connectivity index (χ1v) is 6.63. The van der Waals surface area contributed by atoms with Crippen LogP contribution in [0.5, 0.6) is 17.2 Å². The zero-order valence-electron chi connectivity index (χ0n) is 11.1. The van der Waals surface area contributed by atoms with E-state index in [1.807, 2.05) is 6.07 Å². The fraction of sp³-hybridized carbons (Fsp3) is 0.357. The highest BCUT2D eigenvalue weighted by Gasteiger charge is 2.33. The molecule has 0 atom stereocenters. The molecule has 0 spiro atoms. The molecule has 0 bridgehead atoms. The van der Waals surface area contributed by atoms with E-state index in [0.717, 1.165) is 34.6 Å². The van der Waals surface area contributed by atoms with Crippen LogP contribution in [0.4, 0.5) is 5.82 Å². The number of nitrogens with two attached hydrogens (primary N) is 1. The van der Waals surface area contributed by atoms with Gasteiger partial charge in [0.05, 0.1) is 24.5 Å². The Morgan fingerprint density at radius 2 is 1.90 bits per heavy atom. The molecule has 0 unspecified atom stereocenters. The monoisotopic (exact) mass is 273 g/mol. The van der Waals surface area contributed by atoms with E-state index in [1.54, 1.807) is 11.7 Å². The molecule has 1 aromatic heterocycles. The van der Waals surface area contributed by atoms with Crippen LogP contribution in [0, 0.1) is 0 Å². The summed E-state index contributed by atoms with van der Waals surface area (Å²) in [5, 5.41) is 14.7. The highest BCUT2D eigenvalue weighted by atomic mass is 16.5. The lowest BCUT2D eigenvalue weighted by atomic mass is 9.96. The predicted molar refractivity (Wildman–Crippen MR) is 73.1 cm³/mol. The smallest absolute Gasteiger partial charge is 0.165 e. The maximum absolute atomic E-state index is 10.3. The minimum absolute atomic E-state index is 0.220. The Morgan fingerprint density at radius 3 is 2.60 bits per heavy atom. The summed E-state index contributed by atoms with van der Waals surface area (Å²) >= 11 is 0. The summed E-state index contributed by atoms with van der Waals surface area (Å²) in [5.41, 5.74) is 9.33. The zero-order valence-corrected chi connectivity index (χ0v) is 11.1. The Morgan fingerprint density at radius 1 is 1.20 bits per heavy atom. The van der Waals surface area contributed by atoms with Crippen molar-refractivity contribution in [1.29, 1.82) is 0 Å². The number of phenols is 1. The molecule has 20 heavy (non-hydrogen) atoms. The molecule has 3 heterocycles. The third kappa shape index (κ3) is 1.36. The van der Waals surface area contributed by atoms with Crippen LogP contribution >= 0.6 is 0 Å². The van der Waals surface area contributed by atoms with E-state index >= 15 is 0 Å². The lowest BCUT2D eigenvalue weighted by Crippen LogP contribution is -1.97. The number of nitrogens with zero attached hydrogens (tertiary/aromatic N) is 2. The number of fused-ring (bicyclic) bond motifs is 2. The predicted octanol–water partition coefficient (Wildman–Crippen LogP) is 1.24. The van der Waals surface area contributed by atoms with Crippen LogP contribution in [0.2, 0.25) is 0 Å². The third-order valence-electron chi connectivity index (χ3n) is 3.95. The molecule has 104 valence electrons. The average Bonchev–Trinajstić information content (AvgIpc) is 3.11. The Kier molecular flexibility index (Phi) is 2.19. The summed E-state index contributed by atoms with van der Waals surface area (Å²) < 4.78 is 12.9.